The number of carbonyl (C=O) groups excluding carboxylic acids is 3. The van der Waals surface area contributed by atoms with Gasteiger partial charge in [-0.2, -0.15) is 0 Å². The molecule has 0 saturated heterocycles. The van der Waals surface area contributed by atoms with Gasteiger partial charge in [0, 0.05) is 10.2 Å². The summed E-state index contributed by atoms with van der Waals surface area (Å²) in [6.07, 6.45) is 0.398. The second-order valence-corrected chi connectivity index (χ2v) is 10.1. The van der Waals surface area contributed by atoms with Gasteiger partial charge in [-0.3, -0.25) is 4.79 Å². The lowest BCUT2D eigenvalue weighted by atomic mass is 10.0. The van der Waals surface area contributed by atoms with Gasteiger partial charge in [-0.15, -0.1) is 0 Å². The van der Waals surface area contributed by atoms with E-state index in [2.05, 4.69) is 31.9 Å². The van der Waals surface area contributed by atoms with Crippen LogP contribution in [-0.2, 0) is 14.3 Å². The number of rotatable bonds is 8. The molecular weight excluding hydrogens is 486 g/mol. The molecule has 0 aromatic heterocycles. The fourth-order valence-corrected chi connectivity index (χ4v) is 3.35. The lowest BCUT2D eigenvalue weighted by Gasteiger charge is -2.27. The number of nitrogens with one attached hydrogen (secondary N) is 3. The van der Waals surface area contributed by atoms with E-state index in [1.807, 2.05) is 19.9 Å². The Morgan fingerprint density at radius 1 is 0.939 bits per heavy atom. The minimum atomic E-state index is -0.996. The summed E-state index contributed by atoms with van der Waals surface area (Å²) in [7, 11) is 0. The molecule has 0 aliphatic heterocycles. The number of amides is 3. The summed E-state index contributed by atoms with van der Waals surface area (Å²) in [5, 5.41) is 8.23. The predicted octanol–water partition coefficient (Wildman–Crippen LogP) is 5.18. The molecule has 0 saturated carbocycles. The fourth-order valence-electron chi connectivity index (χ4n) is 3.09. The van der Waals surface area contributed by atoms with E-state index in [9.17, 15) is 14.4 Å². The zero-order chi connectivity index (χ0) is 24.6. The van der Waals surface area contributed by atoms with Gasteiger partial charge in [0.05, 0.1) is 0 Å². The number of esters is 1. The zero-order valence-corrected chi connectivity index (χ0v) is 21.2. The van der Waals surface area contributed by atoms with Crippen molar-refractivity contribution < 1.29 is 19.1 Å². The molecule has 0 unspecified atom stereocenters. The van der Waals surface area contributed by atoms with Crippen molar-refractivity contribution in [3.63, 3.8) is 0 Å². The largest absolute Gasteiger partial charge is 0.458 e. The third kappa shape index (κ3) is 9.26. The van der Waals surface area contributed by atoms with Crippen LogP contribution in [0.4, 0.5) is 10.5 Å². The maximum absolute atomic E-state index is 13.2. The lowest BCUT2D eigenvalue weighted by Crippen LogP contribution is -2.51. The molecule has 2 aromatic carbocycles. The van der Waals surface area contributed by atoms with Crippen molar-refractivity contribution in [2.45, 2.75) is 58.7 Å². The highest BCUT2D eigenvalue weighted by molar-refractivity contribution is 9.10. The minimum absolute atomic E-state index is 0.130. The second kappa shape index (κ2) is 11.8. The van der Waals surface area contributed by atoms with Crippen LogP contribution in [0.5, 0.6) is 0 Å². The number of urea groups is 1. The summed E-state index contributed by atoms with van der Waals surface area (Å²) in [5.74, 6) is -0.899. The van der Waals surface area contributed by atoms with Gasteiger partial charge in [-0.25, -0.2) is 9.59 Å². The summed E-state index contributed by atoms with van der Waals surface area (Å²) in [5.41, 5.74) is 0.479. The van der Waals surface area contributed by atoms with Gasteiger partial charge in [-0.05, 0) is 62.9 Å². The standard InChI is InChI=1S/C25H32BrN3O4/c1-16(2)15-20(28-24(32)27-19-13-11-18(26)12-14-19)22(30)29-21(17-9-7-6-8-10-17)23(31)33-25(3,4)5/h6-14,16,20-21H,15H2,1-5H3,(H,29,30)(H2,27,28,32)/t20-,21-/m0/s1. The average molecular weight is 518 g/mol. The minimum Gasteiger partial charge on any atom is -0.458 e. The number of anilines is 1. The van der Waals surface area contributed by atoms with Crippen LogP contribution in [0.3, 0.4) is 0 Å². The SMILES string of the molecule is CC(C)C[C@H](NC(=O)Nc1ccc(Br)cc1)C(=O)N[C@H](C(=O)OC(C)(C)C)c1ccccc1. The van der Waals surface area contributed by atoms with Crippen LogP contribution in [0.1, 0.15) is 52.6 Å². The molecule has 3 N–H and O–H groups in total. The molecular formula is C25H32BrN3O4. The first-order valence-electron chi connectivity index (χ1n) is 10.9. The van der Waals surface area contributed by atoms with Gasteiger partial charge in [-0.1, -0.05) is 60.1 Å². The third-order valence-electron chi connectivity index (χ3n) is 4.49. The van der Waals surface area contributed by atoms with E-state index in [4.69, 9.17) is 4.74 Å². The summed E-state index contributed by atoms with van der Waals surface area (Å²) in [6, 6.07) is 13.7. The van der Waals surface area contributed by atoms with Gasteiger partial charge >= 0.3 is 12.0 Å². The topological polar surface area (TPSA) is 96.5 Å². The first-order chi connectivity index (χ1) is 15.4. The molecule has 3 amide bonds. The number of ether oxygens (including phenoxy) is 1. The van der Waals surface area contributed by atoms with Crippen LogP contribution in [0.15, 0.2) is 59.1 Å². The zero-order valence-electron chi connectivity index (χ0n) is 19.6. The van der Waals surface area contributed by atoms with E-state index < -0.39 is 35.6 Å². The Morgan fingerprint density at radius 3 is 2.09 bits per heavy atom. The summed E-state index contributed by atoms with van der Waals surface area (Å²) in [4.78, 5) is 38.7. The number of hydrogen-bond donors (Lipinski definition) is 3. The third-order valence-corrected chi connectivity index (χ3v) is 5.02. The summed E-state index contributed by atoms with van der Waals surface area (Å²) >= 11 is 3.35. The smallest absolute Gasteiger partial charge is 0.333 e. The van der Waals surface area contributed by atoms with E-state index in [0.717, 1.165) is 4.47 Å². The van der Waals surface area contributed by atoms with Crippen molar-refractivity contribution in [1.29, 1.82) is 0 Å². The van der Waals surface area contributed by atoms with Crippen molar-refractivity contribution in [1.82, 2.24) is 10.6 Å². The number of carbonyl (C=O) groups is 3. The van der Waals surface area contributed by atoms with Gasteiger partial charge < -0.3 is 20.7 Å². The Balaban J connectivity index is 2.17. The molecule has 0 heterocycles. The van der Waals surface area contributed by atoms with E-state index in [1.165, 1.54) is 0 Å². The van der Waals surface area contributed by atoms with E-state index in [-0.39, 0.29) is 5.92 Å². The van der Waals surface area contributed by atoms with Crippen LogP contribution in [0.25, 0.3) is 0 Å². The van der Waals surface area contributed by atoms with Gasteiger partial charge in [0.2, 0.25) is 5.91 Å². The summed E-state index contributed by atoms with van der Waals surface area (Å²) < 4.78 is 6.42. The molecule has 2 aromatic rings. The Kier molecular flexibility index (Phi) is 9.46. The van der Waals surface area contributed by atoms with Crippen LogP contribution in [-0.4, -0.2) is 29.6 Å². The van der Waals surface area contributed by atoms with Crippen molar-refractivity contribution in [3.05, 3.63) is 64.6 Å². The highest BCUT2D eigenvalue weighted by atomic mass is 79.9. The maximum Gasteiger partial charge on any atom is 0.333 e. The quantitative estimate of drug-likeness (QED) is 0.420. The van der Waals surface area contributed by atoms with Crippen molar-refractivity contribution in [3.8, 4) is 0 Å². The molecule has 0 aliphatic carbocycles. The Hall–Kier alpha value is -2.87. The molecule has 0 bridgehead atoms. The van der Waals surface area contributed by atoms with Crippen molar-refractivity contribution in [2.24, 2.45) is 5.92 Å². The molecule has 2 atom stereocenters. The first-order valence-corrected chi connectivity index (χ1v) is 11.6. The van der Waals surface area contributed by atoms with Crippen molar-refractivity contribution >= 4 is 39.5 Å². The van der Waals surface area contributed by atoms with Gasteiger partial charge in [0.15, 0.2) is 6.04 Å². The van der Waals surface area contributed by atoms with E-state index in [0.29, 0.717) is 17.7 Å². The maximum atomic E-state index is 13.2. The molecule has 0 spiro atoms. The van der Waals surface area contributed by atoms with E-state index >= 15 is 0 Å². The van der Waals surface area contributed by atoms with Crippen LogP contribution < -0.4 is 16.0 Å². The van der Waals surface area contributed by atoms with Crippen LogP contribution in [0.2, 0.25) is 0 Å². The van der Waals surface area contributed by atoms with Gasteiger partial charge in [0.1, 0.15) is 11.6 Å². The number of benzene rings is 2. The molecule has 2 rings (SSSR count). The first kappa shape index (κ1) is 26.4. The number of halogens is 1. The monoisotopic (exact) mass is 517 g/mol. The Labute approximate surface area is 203 Å². The van der Waals surface area contributed by atoms with Crippen molar-refractivity contribution in [2.75, 3.05) is 5.32 Å². The average Bonchev–Trinajstić information content (AvgIpc) is 2.72. The molecule has 0 radical (unpaired) electrons. The van der Waals surface area contributed by atoms with Crippen LogP contribution in [0, 0.1) is 5.92 Å². The highest BCUT2D eigenvalue weighted by Gasteiger charge is 2.31. The lowest BCUT2D eigenvalue weighted by molar-refractivity contribution is -0.159. The highest BCUT2D eigenvalue weighted by Crippen LogP contribution is 2.20. The molecule has 0 fully saturated rings. The molecule has 8 heteroatoms. The Morgan fingerprint density at radius 2 is 1.55 bits per heavy atom. The fraction of sp³-hybridized carbons (Fsp3) is 0.400. The van der Waals surface area contributed by atoms with Crippen LogP contribution >= 0.6 is 15.9 Å². The predicted molar refractivity (Wildman–Crippen MR) is 133 cm³/mol. The summed E-state index contributed by atoms with van der Waals surface area (Å²) in [6.45, 7) is 9.22. The Bertz CT molecular complexity index is 940. The second-order valence-electron chi connectivity index (χ2n) is 9.17. The molecule has 0 aliphatic rings. The van der Waals surface area contributed by atoms with E-state index in [1.54, 1.807) is 69.3 Å². The molecule has 33 heavy (non-hydrogen) atoms. The molecule has 7 nitrogen and oxygen atoms in total. The number of hydrogen-bond acceptors (Lipinski definition) is 4. The van der Waals surface area contributed by atoms with Gasteiger partial charge in [0.25, 0.3) is 0 Å². The normalized spacial score (nSPS) is 13.1. The molecule has 178 valence electrons.